The first-order valence-corrected chi connectivity index (χ1v) is 7.33. The monoisotopic (exact) mass is 345 g/mol. The van der Waals surface area contributed by atoms with Crippen LogP contribution in [0.1, 0.15) is 11.6 Å². The zero-order chi connectivity index (χ0) is 17.3. The number of urea groups is 1. The van der Waals surface area contributed by atoms with E-state index in [1.807, 2.05) is 0 Å². The first-order chi connectivity index (χ1) is 11.4. The fourth-order valence-corrected chi connectivity index (χ4v) is 2.51. The van der Waals surface area contributed by atoms with Gasteiger partial charge in [-0.3, -0.25) is 5.32 Å². The SMILES string of the molecule is O=C(O)C(NC(=O)[N+]1([O-])C=Nc2ccccc21)c1ccc(Cl)cc1. The van der Waals surface area contributed by atoms with Crippen molar-refractivity contribution in [2.75, 3.05) is 0 Å². The maximum Gasteiger partial charge on any atom is 0.428 e. The van der Waals surface area contributed by atoms with E-state index in [9.17, 15) is 19.9 Å². The number of carboxylic acid groups (broad SMARTS) is 1. The molecule has 1 heterocycles. The number of carbonyl (C=O) groups is 2. The van der Waals surface area contributed by atoms with Crippen molar-refractivity contribution in [2.24, 2.45) is 4.99 Å². The molecule has 2 N–H and O–H groups in total. The number of fused-ring (bicyclic) bond motifs is 1. The quantitative estimate of drug-likeness (QED) is 0.657. The molecule has 0 aliphatic carbocycles. The topological polar surface area (TPSA) is 102 Å². The molecule has 7 nitrogen and oxygen atoms in total. The third-order valence-corrected chi connectivity index (χ3v) is 3.87. The molecule has 3 rings (SSSR count). The highest BCUT2D eigenvalue weighted by molar-refractivity contribution is 6.30. The Hall–Kier alpha value is -2.74. The largest absolute Gasteiger partial charge is 0.612 e. The number of carbonyl (C=O) groups excluding carboxylic acids is 1. The molecule has 1 aliphatic heterocycles. The van der Waals surface area contributed by atoms with Crippen LogP contribution in [0.15, 0.2) is 53.5 Å². The molecule has 8 heteroatoms. The number of rotatable bonds is 3. The molecule has 2 amide bonds. The van der Waals surface area contributed by atoms with Crippen LogP contribution in [0.4, 0.5) is 16.2 Å². The minimum absolute atomic E-state index is 0.134. The summed E-state index contributed by atoms with van der Waals surface area (Å²) in [4.78, 5) is 27.9. The van der Waals surface area contributed by atoms with Crippen LogP contribution in [0.25, 0.3) is 0 Å². The van der Waals surface area contributed by atoms with Gasteiger partial charge in [0.15, 0.2) is 11.7 Å². The molecule has 0 radical (unpaired) electrons. The summed E-state index contributed by atoms with van der Waals surface area (Å²) in [7, 11) is 0. The van der Waals surface area contributed by atoms with Gasteiger partial charge in [0.1, 0.15) is 5.69 Å². The lowest BCUT2D eigenvalue weighted by molar-refractivity contribution is -0.139. The number of para-hydroxylation sites is 2. The van der Waals surface area contributed by atoms with Crippen molar-refractivity contribution < 1.29 is 14.7 Å². The minimum atomic E-state index is -1.49. The zero-order valence-corrected chi connectivity index (χ0v) is 13.0. The van der Waals surface area contributed by atoms with Crippen LogP contribution in [-0.2, 0) is 4.79 Å². The third-order valence-electron chi connectivity index (χ3n) is 3.62. The number of quaternary nitrogens is 1. The average molecular weight is 346 g/mol. The van der Waals surface area contributed by atoms with Gasteiger partial charge in [0.2, 0.25) is 6.34 Å². The summed E-state index contributed by atoms with van der Waals surface area (Å²) in [6.07, 6.45) is 0.931. The van der Waals surface area contributed by atoms with Crippen LogP contribution in [0, 0.1) is 5.21 Å². The van der Waals surface area contributed by atoms with E-state index in [2.05, 4.69) is 10.3 Å². The van der Waals surface area contributed by atoms with E-state index in [1.54, 1.807) is 18.2 Å². The van der Waals surface area contributed by atoms with Gasteiger partial charge < -0.3 is 10.3 Å². The number of carboxylic acids is 1. The Morgan fingerprint density at radius 3 is 2.50 bits per heavy atom. The Kier molecular flexibility index (Phi) is 4.06. The van der Waals surface area contributed by atoms with Crippen molar-refractivity contribution in [2.45, 2.75) is 6.04 Å². The van der Waals surface area contributed by atoms with Crippen LogP contribution in [0.5, 0.6) is 0 Å². The molecule has 0 bridgehead atoms. The Balaban J connectivity index is 1.89. The second-order valence-corrected chi connectivity index (χ2v) is 5.60. The molecule has 0 aromatic heterocycles. The van der Waals surface area contributed by atoms with Crippen LogP contribution >= 0.6 is 11.6 Å². The lowest BCUT2D eigenvalue weighted by Gasteiger charge is -2.32. The molecule has 2 aromatic rings. The first-order valence-electron chi connectivity index (χ1n) is 6.96. The van der Waals surface area contributed by atoms with Gasteiger partial charge in [-0.15, -0.1) is 0 Å². The van der Waals surface area contributed by atoms with Crippen molar-refractivity contribution in [1.29, 1.82) is 0 Å². The van der Waals surface area contributed by atoms with Crippen LogP contribution < -0.4 is 9.96 Å². The second-order valence-electron chi connectivity index (χ2n) is 5.16. The fraction of sp³-hybridized carbons (Fsp3) is 0.0625. The normalized spacial score (nSPS) is 19.6. The van der Waals surface area contributed by atoms with E-state index in [-0.39, 0.29) is 5.69 Å². The highest BCUT2D eigenvalue weighted by Gasteiger charge is 2.38. The molecule has 24 heavy (non-hydrogen) atoms. The standard InChI is InChI=1S/C16H12ClN3O4/c17-11-7-5-10(6-8-11)14(15(21)22)19-16(23)20(24)9-18-12-3-1-2-4-13(12)20/h1-9,14H,(H,19,23)(H,21,22). The van der Waals surface area contributed by atoms with Gasteiger partial charge in [0, 0.05) is 11.1 Å². The van der Waals surface area contributed by atoms with Crippen LogP contribution in [-0.4, -0.2) is 23.4 Å². The van der Waals surface area contributed by atoms with Crippen molar-refractivity contribution in [1.82, 2.24) is 9.96 Å². The molecule has 122 valence electrons. The van der Waals surface area contributed by atoms with E-state index >= 15 is 0 Å². The smallest absolute Gasteiger partial charge is 0.428 e. The number of hydrogen-bond acceptors (Lipinski definition) is 4. The van der Waals surface area contributed by atoms with Gasteiger partial charge >= 0.3 is 12.0 Å². The molecule has 2 unspecified atom stereocenters. The third kappa shape index (κ3) is 2.76. The molecular weight excluding hydrogens is 334 g/mol. The molecule has 0 saturated heterocycles. The summed E-state index contributed by atoms with van der Waals surface area (Å²) in [6.45, 7) is 0. The lowest BCUT2D eigenvalue weighted by Crippen LogP contribution is -2.53. The van der Waals surface area contributed by atoms with E-state index < -0.39 is 22.7 Å². The van der Waals surface area contributed by atoms with Crippen molar-refractivity contribution in [3.63, 3.8) is 0 Å². The zero-order valence-electron chi connectivity index (χ0n) is 12.2. The Bertz CT molecular complexity index is 837. The molecule has 0 saturated carbocycles. The average Bonchev–Trinajstić information content (AvgIpc) is 2.92. The second kappa shape index (κ2) is 6.04. The van der Waals surface area contributed by atoms with E-state index in [0.29, 0.717) is 16.3 Å². The summed E-state index contributed by atoms with van der Waals surface area (Å²) < 4.78 is -1.49. The van der Waals surface area contributed by atoms with Gasteiger partial charge in [-0.2, -0.15) is 9.64 Å². The van der Waals surface area contributed by atoms with E-state index in [0.717, 1.165) is 6.34 Å². The maximum absolute atomic E-state index is 12.8. The summed E-state index contributed by atoms with van der Waals surface area (Å²) in [5.41, 5.74) is 0.813. The van der Waals surface area contributed by atoms with Crippen molar-refractivity contribution >= 4 is 41.3 Å². The van der Waals surface area contributed by atoms with Gasteiger partial charge in [-0.1, -0.05) is 35.9 Å². The van der Waals surface area contributed by atoms with Gasteiger partial charge in [-0.05, 0) is 23.8 Å². The van der Waals surface area contributed by atoms with Gasteiger partial charge in [0.05, 0.1) is 0 Å². The van der Waals surface area contributed by atoms with E-state index in [1.165, 1.54) is 30.3 Å². The molecule has 0 spiro atoms. The summed E-state index contributed by atoms with van der Waals surface area (Å²) >= 11 is 5.78. The summed E-state index contributed by atoms with van der Waals surface area (Å²) in [5, 5.41) is 24.9. The number of aliphatic carboxylic acids is 1. The lowest BCUT2D eigenvalue weighted by atomic mass is 10.1. The van der Waals surface area contributed by atoms with Crippen LogP contribution in [0.2, 0.25) is 5.02 Å². The van der Waals surface area contributed by atoms with Gasteiger partial charge in [0.25, 0.3) is 0 Å². The number of nitrogens with zero attached hydrogens (tertiary/aromatic N) is 2. The number of hydrogen-bond donors (Lipinski definition) is 2. The number of aliphatic imine (C=N–C) groups is 1. The highest BCUT2D eigenvalue weighted by Crippen LogP contribution is 2.37. The Morgan fingerprint density at radius 2 is 1.83 bits per heavy atom. The number of benzene rings is 2. The molecule has 0 fully saturated rings. The first kappa shape index (κ1) is 16.1. The summed E-state index contributed by atoms with van der Waals surface area (Å²) in [6, 6.07) is 9.94. The molecule has 1 aliphatic rings. The minimum Gasteiger partial charge on any atom is -0.612 e. The fourth-order valence-electron chi connectivity index (χ4n) is 2.38. The predicted octanol–water partition coefficient (Wildman–Crippen LogP) is 3.35. The van der Waals surface area contributed by atoms with Crippen molar-refractivity contribution in [3.8, 4) is 0 Å². The van der Waals surface area contributed by atoms with E-state index in [4.69, 9.17) is 11.6 Å². The summed E-state index contributed by atoms with van der Waals surface area (Å²) in [5.74, 6) is -1.29. The number of nitrogens with one attached hydrogen (secondary N) is 1. The van der Waals surface area contributed by atoms with Crippen molar-refractivity contribution in [3.05, 3.63) is 64.3 Å². The van der Waals surface area contributed by atoms with Crippen LogP contribution in [0.3, 0.4) is 0 Å². The molecule has 2 atom stereocenters. The Morgan fingerprint density at radius 1 is 1.17 bits per heavy atom. The highest BCUT2D eigenvalue weighted by atomic mass is 35.5. The molecular formula is C16H12ClN3O4. The number of hydroxylamine groups is 2. The predicted molar refractivity (Wildman–Crippen MR) is 90.1 cm³/mol. The number of halogens is 1. The maximum atomic E-state index is 12.8. The van der Waals surface area contributed by atoms with Gasteiger partial charge in [-0.25, -0.2) is 9.59 Å². The Labute approximate surface area is 142 Å². The number of amides is 2. The molecule has 2 aromatic carbocycles.